The lowest BCUT2D eigenvalue weighted by molar-refractivity contribution is -0.130. The second kappa shape index (κ2) is 6.40. The van der Waals surface area contributed by atoms with Crippen molar-refractivity contribution in [3.05, 3.63) is 69.9 Å². The van der Waals surface area contributed by atoms with Crippen molar-refractivity contribution in [2.45, 2.75) is 12.5 Å². The Kier molecular flexibility index (Phi) is 4.43. The third-order valence-electron chi connectivity index (χ3n) is 4.14. The molecule has 0 radical (unpaired) electrons. The zero-order valence-electron chi connectivity index (χ0n) is 13.3. The van der Waals surface area contributed by atoms with Crippen molar-refractivity contribution in [3.8, 4) is 0 Å². The van der Waals surface area contributed by atoms with Crippen LogP contribution in [0.3, 0.4) is 0 Å². The van der Waals surface area contributed by atoms with Gasteiger partial charge in [0, 0.05) is 10.0 Å². The van der Waals surface area contributed by atoms with E-state index in [0.29, 0.717) is 5.56 Å². The number of amides is 3. The van der Waals surface area contributed by atoms with Crippen LogP contribution in [-0.4, -0.2) is 29.2 Å². The summed E-state index contributed by atoms with van der Waals surface area (Å²) in [6.07, 6.45) is 0. The first-order chi connectivity index (χ1) is 11.8. The summed E-state index contributed by atoms with van der Waals surface area (Å²) in [6, 6.07) is 11.4. The Hall–Kier alpha value is -2.54. The Bertz CT molecular complexity index is 869. The van der Waals surface area contributed by atoms with Crippen LogP contribution in [-0.2, 0) is 10.3 Å². The molecule has 25 heavy (non-hydrogen) atoms. The van der Waals surface area contributed by atoms with Crippen LogP contribution >= 0.6 is 15.9 Å². The zero-order valence-corrected chi connectivity index (χ0v) is 14.8. The second-order valence-electron chi connectivity index (χ2n) is 5.89. The predicted molar refractivity (Wildman–Crippen MR) is 92.5 cm³/mol. The first kappa shape index (κ1) is 17.3. The average molecular weight is 405 g/mol. The standard InChI is InChI=1S/C18H14BrFN2O3/c1-18(12-3-2-4-13(19)9-12)16(24)22(17(25)21-18)10-15(23)11-5-7-14(20)8-6-11/h2-9H,10H2,1H3,(H,21,25). The van der Waals surface area contributed by atoms with Gasteiger partial charge in [-0.25, -0.2) is 9.18 Å². The Morgan fingerprint density at radius 1 is 1.20 bits per heavy atom. The van der Waals surface area contributed by atoms with E-state index in [9.17, 15) is 18.8 Å². The van der Waals surface area contributed by atoms with E-state index in [0.717, 1.165) is 21.5 Å². The topological polar surface area (TPSA) is 66.5 Å². The van der Waals surface area contributed by atoms with Gasteiger partial charge in [-0.3, -0.25) is 14.5 Å². The molecule has 0 saturated carbocycles. The summed E-state index contributed by atoms with van der Waals surface area (Å²) in [5, 5.41) is 2.64. The maximum Gasteiger partial charge on any atom is 0.325 e. The van der Waals surface area contributed by atoms with Gasteiger partial charge < -0.3 is 5.32 Å². The van der Waals surface area contributed by atoms with E-state index in [1.54, 1.807) is 25.1 Å². The zero-order chi connectivity index (χ0) is 18.2. The fourth-order valence-corrected chi connectivity index (χ4v) is 3.11. The molecule has 3 amide bonds. The molecular weight excluding hydrogens is 391 g/mol. The van der Waals surface area contributed by atoms with E-state index >= 15 is 0 Å². The van der Waals surface area contributed by atoms with Gasteiger partial charge in [-0.2, -0.15) is 0 Å². The van der Waals surface area contributed by atoms with E-state index < -0.39 is 35.6 Å². The minimum Gasteiger partial charge on any atom is -0.319 e. The Labute approximate surface area is 151 Å². The summed E-state index contributed by atoms with van der Waals surface area (Å²) < 4.78 is 13.7. The van der Waals surface area contributed by atoms with Gasteiger partial charge in [-0.05, 0) is 48.9 Å². The van der Waals surface area contributed by atoms with Gasteiger partial charge in [0.2, 0.25) is 0 Å². The van der Waals surface area contributed by atoms with Crippen molar-refractivity contribution < 1.29 is 18.8 Å². The number of imide groups is 1. The van der Waals surface area contributed by atoms with Crippen LogP contribution < -0.4 is 5.32 Å². The summed E-state index contributed by atoms with van der Waals surface area (Å²) in [5.41, 5.74) is -0.403. The van der Waals surface area contributed by atoms with E-state index in [4.69, 9.17) is 0 Å². The highest BCUT2D eigenvalue weighted by Crippen LogP contribution is 2.30. The molecule has 2 aromatic carbocycles. The van der Waals surface area contributed by atoms with Gasteiger partial charge in [-0.1, -0.05) is 28.1 Å². The second-order valence-corrected chi connectivity index (χ2v) is 6.80. The highest BCUT2D eigenvalue weighted by molar-refractivity contribution is 9.10. The molecule has 0 aliphatic carbocycles. The van der Waals surface area contributed by atoms with Crippen LogP contribution in [0.1, 0.15) is 22.8 Å². The van der Waals surface area contributed by atoms with Crippen molar-refractivity contribution >= 4 is 33.7 Å². The normalized spacial score (nSPS) is 19.9. The minimum absolute atomic E-state index is 0.234. The molecule has 128 valence electrons. The smallest absolute Gasteiger partial charge is 0.319 e. The number of nitrogens with one attached hydrogen (secondary N) is 1. The van der Waals surface area contributed by atoms with Gasteiger partial charge >= 0.3 is 6.03 Å². The number of carbonyl (C=O) groups is 3. The summed E-state index contributed by atoms with van der Waals surface area (Å²) >= 11 is 3.34. The van der Waals surface area contributed by atoms with Crippen LogP contribution in [0.25, 0.3) is 0 Å². The van der Waals surface area contributed by atoms with Gasteiger partial charge in [-0.15, -0.1) is 0 Å². The summed E-state index contributed by atoms with van der Waals surface area (Å²) in [4.78, 5) is 38.2. The van der Waals surface area contributed by atoms with Gasteiger partial charge in [0.1, 0.15) is 11.4 Å². The molecule has 7 heteroatoms. The predicted octanol–water partition coefficient (Wildman–Crippen LogP) is 3.24. The first-order valence-electron chi connectivity index (χ1n) is 7.50. The third kappa shape index (κ3) is 3.19. The fourth-order valence-electron chi connectivity index (χ4n) is 2.71. The molecule has 1 aliphatic rings. The fraction of sp³-hybridized carbons (Fsp3) is 0.167. The first-order valence-corrected chi connectivity index (χ1v) is 8.29. The molecule has 1 N–H and O–H groups in total. The van der Waals surface area contributed by atoms with Crippen molar-refractivity contribution in [2.24, 2.45) is 0 Å². The average Bonchev–Trinajstić information content (AvgIpc) is 2.80. The number of rotatable bonds is 4. The molecule has 1 unspecified atom stereocenters. The quantitative estimate of drug-likeness (QED) is 0.628. The molecule has 2 aromatic rings. The molecule has 5 nitrogen and oxygen atoms in total. The molecule has 0 aromatic heterocycles. The molecular formula is C18H14BrFN2O3. The van der Waals surface area contributed by atoms with Crippen molar-refractivity contribution in [1.82, 2.24) is 10.2 Å². The lowest BCUT2D eigenvalue weighted by Crippen LogP contribution is -2.41. The van der Waals surface area contributed by atoms with Crippen molar-refractivity contribution in [3.63, 3.8) is 0 Å². The number of hydrogen-bond donors (Lipinski definition) is 1. The molecule has 1 aliphatic heterocycles. The van der Waals surface area contributed by atoms with Crippen LogP contribution in [0.2, 0.25) is 0 Å². The SMILES string of the molecule is CC1(c2cccc(Br)c2)NC(=O)N(CC(=O)c2ccc(F)cc2)C1=O. The van der Waals surface area contributed by atoms with Gasteiger partial charge in [0.05, 0.1) is 6.54 Å². The molecule has 3 rings (SSSR count). The Morgan fingerprint density at radius 3 is 2.52 bits per heavy atom. The highest BCUT2D eigenvalue weighted by atomic mass is 79.9. The third-order valence-corrected chi connectivity index (χ3v) is 4.64. The van der Waals surface area contributed by atoms with E-state index in [2.05, 4.69) is 21.2 Å². The van der Waals surface area contributed by atoms with E-state index in [1.807, 2.05) is 6.07 Å². The summed E-state index contributed by atoms with van der Waals surface area (Å²) in [6.45, 7) is 1.19. The number of hydrogen-bond acceptors (Lipinski definition) is 3. The minimum atomic E-state index is -1.25. The maximum absolute atomic E-state index is 13.0. The van der Waals surface area contributed by atoms with E-state index in [-0.39, 0.29) is 5.56 Å². The largest absolute Gasteiger partial charge is 0.325 e. The molecule has 0 spiro atoms. The molecule has 1 heterocycles. The highest BCUT2D eigenvalue weighted by Gasteiger charge is 2.49. The molecule has 1 atom stereocenters. The van der Waals surface area contributed by atoms with Crippen molar-refractivity contribution in [1.29, 1.82) is 0 Å². The maximum atomic E-state index is 13.0. The number of benzene rings is 2. The van der Waals surface area contributed by atoms with Crippen LogP contribution in [0, 0.1) is 5.82 Å². The number of halogens is 2. The van der Waals surface area contributed by atoms with Crippen LogP contribution in [0.15, 0.2) is 53.0 Å². The number of carbonyl (C=O) groups excluding carboxylic acids is 3. The van der Waals surface area contributed by atoms with E-state index in [1.165, 1.54) is 12.1 Å². The number of nitrogens with zero attached hydrogens (tertiary/aromatic N) is 1. The molecule has 1 saturated heterocycles. The number of Topliss-reactive ketones (excluding diaryl/α,β-unsaturated/α-hetero) is 1. The molecule has 0 bridgehead atoms. The lowest BCUT2D eigenvalue weighted by Gasteiger charge is -2.22. The lowest BCUT2D eigenvalue weighted by atomic mass is 9.92. The van der Waals surface area contributed by atoms with Gasteiger partial charge in [0.25, 0.3) is 5.91 Å². The Morgan fingerprint density at radius 2 is 1.88 bits per heavy atom. The van der Waals surface area contributed by atoms with Crippen LogP contribution in [0.5, 0.6) is 0 Å². The number of ketones is 1. The summed E-state index contributed by atoms with van der Waals surface area (Å²) in [5.74, 6) is -1.41. The van der Waals surface area contributed by atoms with Crippen LogP contribution in [0.4, 0.5) is 9.18 Å². The summed E-state index contributed by atoms with van der Waals surface area (Å²) in [7, 11) is 0. The monoisotopic (exact) mass is 404 g/mol. The molecule has 1 fully saturated rings. The number of urea groups is 1. The van der Waals surface area contributed by atoms with Gasteiger partial charge in [0.15, 0.2) is 5.78 Å². The Balaban J connectivity index is 1.84. The van der Waals surface area contributed by atoms with Crippen molar-refractivity contribution in [2.75, 3.05) is 6.54 Å².